The van der Waals surface area contributed by atoms with Gasteiger partial charge < -0.3 is 9.64 Å². The maximum absolute atomic E-state index is 12.6. The molecule has 1 atom stereocenters. The number of hydrogen-bond donors (Lipinski definition) is 0. The van der Waals surface area contributed by atoms with Crippen LogP contribution in [0.1, 0.15) is 30.6 Å². The highest BCUT2D eigenvalue weighted by Gasteiger charge is 2.28. The summed E-state index contributed by atoms with van der Waals surface area (Å²) in [6.07, 6.45) is 0.750. The smallest absolute Gasteiger partial charge is 0.171 e. The Morgan fingerprint density at radius 2 is 2.11 bits per heavy atom. The Bertz CT molecular complexity index is 457. The number of carbonyl (C=O) groups is 1. The van der Waals surface area contributed by atoms with E-state index < -0.39 is 0 Å². The van der Waals surface area contributed by atoms with Gasteiger partial charge in [0.2, 0.25) is 0 Å². The van der Waals surface area contributed by atoms with Crippen molar-refractivity contribution in [2.24, 2.45) is 5.92 Å². The SMILES string of the molecule is CCN(CC)CC1CCOc2c(Cl)cccc2C1=O. The minimum Gasteiger partial charge on any atom is -0.491 e. The molecule has 0 bridgehead atoms. The van der Waals surface area contributed by atoms with E-state index in [1.54, 1.807) is 6.07 Å². The predicted molar refractivity (Wildman–Crippen MR) is 77.2 cm³/mol. The first-order valence-electron chi connectivity index (χ1n) is 6.85. The Morgan fingerprint density at radius 3 is 2.79 bits per heavy atom. The first kappa shape index (κ1) is 14.4. The third-order valence-electron chi connectivity index (χ3n) is 3.69. The van der Waals surface area contributed by atoms with Gasteiger partial charge in [-0.1, -0.05) is 31.5 Å². The summed E-state index contributed by atoms with van der Waals surface area (Å²) in [7, 11) is 0. The molecule has 0 saturated carbocycles. The van der Waals surface area contributed by atoms with Crippen molar-refractivity contribution in [2.45, 2.75) is 20.3 Å². The lowest BCUT2D eigenvalue weighted by molar-refractivity contribution is 0.0877. The molecule has 3 nitrogen and oxygen atoms in total. The monoisotopic (exact) mass is 281 g/mol. The summed E-state index contributed by atoms with van der Waals surface area (Å²) in [6.45, 7) is 7.50. The number of para-hydroxylation sites is 1. The van der Waals surface area contributed by atoms with E-state index >= 15 is 0 Å². The zero-order valence-electron chi connectivity index (χ0n) is 11.5. The van der Waals surface area contributed by atoms with E-state index in [-0.39, 0.29) is 11.7 Å². The average molecular weight is 282 g/mol. The van der Waals surface area contributed by atoms with Gasteiger partial charge in [-0.05, 0) is 31.6 Å². The van der Waals surface area contributed by atoms with Crippen LogP contribution in [0.3, 0.4) is 0 Å². The minimum absolute atomic E-state index is 0.000355. The second kappa shape index (κ2) is 6.40. The van der Waals surface area contributed by atoms with Crippen LogP contribution in [-0.4, -0.2) is 36.9 Å². The first-order chi connectivity index (χ1) is 9.17. The van der Waals surface area contributed by atoms with Gasteiger partial charge in [0.05, 0.1) is 17.2 Å². The molecule has 0 saturated heterocycles. The molecule has 1 aromatic rings. The van der Waals surface area contributed by atoms with Crippen LogP contribution in [0.25, 0.3) is 0 Å². The zero-order chi connectivity index (χ0) is 13.8. The summed E-state index contributed by atoms with van der Waals surface area (Å²) in [5.41, 5.74) is 0.627. The first-order valence-corrected chi connectivity index (χ1v) is 7.23. The lowest BCUT2D eigenvalue weighted by atomic mass is 9.94. The number of fused-ring (bicyclic) bond motifs is 1. The summed E-state index contributed by atoms with van der Waals surface area (Å²) < 4.78 is 5.66. The van der Waals surface area contributed by atoms with Crippen LogP contribution in [-0.2, 0) is 0 Å². The van der Waals surface area contributed by atoms with E-state index in [0.717, 1.165) is 26.1 Å². The van der Waals surface area contributed by atoms with Gasteiger partial charge in [0.25, 0.3) is 0 Å². The molecule has 0 spiro atoms. The third-order valence-corrected chi connectivity index (χ3v) is 3.99. The van der Waals surface area contributed by atoms with Crippen molar-refractivity contribution >= 4 is 17.4 Å². The van der Waals surface area contributed by atoms with Crippen LogP contribution in [0.4, 0.5) is 0 Å². The molecule has 2 rings (SSSR count). The van der Waals surface area contributed by atoms with E-state index in [2.05, 4.69) is 18.7 Å². The molecule has 0 radical (unpaired) electrons. The number of ether oxygens (including phenoxy) is 1. The Morgan fingerprint density at radius 1 is 1.37 bits per heavy atom. The highest BCUT2D eigenvalue weighted by Crippen LogP contribution is 2.33. The van der Waals surface area contributed by atoms with Crippen molar-refractivity contribution in [3.8, 4) is 5.75 Å². The zero-order valence-corrected chi connectivity index (χ0v) is 12.2. The lowest BCUT2D eigenvalue weighted by Crippen LogP contribution is -2.33. The molecule has 1 heterocycles. The van der Waals surface area contributed by atoms with Gasteiger partial charge in [-0.25, -0.2) is 0 Å². The highest BCUT2D eigenvalue weighted by molar-refractivity contribution is 6.32. The standard InChI is InChI=1S/C15H20ClNO2/c1-3-17(4-2)10-11-8-9-19-15-12(14(11)18)6-5-7-13(15)16/h5-7,11H,3-4,8-10H2,1-2H3. The fourth-order valence-electron chi connectivity index (χ4n) is 2.47. The highest BCUT2D eigenvalue weighted by atomic mass is 35.5. The molecule has 0 N–H and O–H groups in total. The minimum atomic E-state index is -0.000355. The van der Waals surface area contributed by atoms with Gasteiger partial charge in [-0.15, -0.1) is 0 Å². The summed E-state index contributed by atoms with van der Waals surface area (Å²) in [6, 6.07) is 5.38. The van der Waals surface area contributed by atoms with Gasteiger partial charge in [0.15, 0.2) is 5.78 Å². The van der Waals surface area contributed by atoms with Crippen molar-refractivity contribution in [1.29, 1.82) is 0 Å². The van der Waals surface area contributed by atoms with E-state index in [0.29, 0.717) is 22.9 Å². The van der Waals surface area contributed by atoms with Crippen molar-refractivity contribution in [1.82, 2.24) is 4.90 Å². The maximum Gasteiger partial charge on any atom is 0.171 e. The van der Waals surface area contributed by atoms with E-state index in [1.165, 1.54) is 0 Å². The summed E-state index contributed by atoms with van der Waals surface area (Å²) >= 11 is 6.10. The Labute approximate surface area is 119 Å². The van der Waals surface area contributed by atoms with Gasteiger partial charge in [0, 0.05) is 12.5 Å². The molecular formula is C15H20ClNO2. The maximum atomic E-state index is 12.6. The fraction of sp³-hybridized carbons (Fsp3) is 0.533. The lowest BCUT2D eigenvalue weighted by Gasteiger charge is -2.23. The van der Waals surface area contributed by atoms with Crippen LogP contribution in [0, 0.1) is 5.92 Å². The largest absolute Gasteiger partial charge is 0.491 e. The predicted octanol–water partition coefficient (Wildman–Crippen LogP) is 3.26. The molecule has 0 fully saturated rings. The van der Waals surface area contributed by atoms with Crippen molar-refractivity contribution < 1.29 is 9.53 Å². The quantitative estimate of drug-likeness (QED) is 0.848. The van der Waals surface area contributed by atoms with Crippen LogP contribution in [0.5, 0.6) is 5.75 Å². The summed E-state index contributed by atoms with van der Waals surface area (Å²) in [5.74, 6) is 0.706. The van der Waals surface area contributed by atoms with Crippen LogP contribution >= 0.6 is 11.6 Å². The number of nitrogens with zero attached hydrogens (tertiary/aromatic N) is 1. The fourth-order valence-corrected chi connectivity index (χ4v) is 2.70. The molecule has 1 unspecified atom stereocenters. The van der Waals surface area contributed by atoms with Gasteiger partial charge in [0.1, 0.15) is 5.75 Å². The molecule has 1 aliphatic heterocycles. The molecule has 4 heteroatoms. The van der Waals surface area contributed by atoms with Gasteiger partial charge in [-0.2, -0.15) is 0 Å². The van der Waals surface area contributed by atoms with E-state index in [1.807, 2.05) is 12.1 Å². The number of Topliss-reactive ketones (excluding diaryl/α,β-unsaturated/α-hetero) is 1. The normalized spacial score (nSPS) is 18.9. The van der Waals surface area contributed by atoms with Gasteiger partial charge in [-0.3, -0.25) is 4.79 Å². The number of benzene rings is 1. The number of hydrogen-bond acceptors (Lipinski definition) is 3. The molecular weight excluding hydrogens is 262 g/mol. The number of rotatable bonds is 4. The van der Waals surface area contributed by atoms with Crippen molar-refractivity contribution in [3.05, 3.63) is 28.8 Å². The van der Waals surface area contributed by atoms with Gasteiger partial charge >= 0.3 is 0 Å². The Balaban J connectivity index is 2.24. The molecule has 0 amide bonds. The number of carbonyl (C=O) groups excluding carboxylic acids is 1. The average Bonchev–Trinajstić information content (AvgIpc) is 2.58. The molecule has 1 aliphatic rings. The number of ketones is 1. The van der Waals surface area contributed by atoms with Crippen LogP contribution in [0.15, 0.2) is 18.2 Å². The molecule has 0 aliphatic carbocycles. The summed E-state index contributed by atoms with van der Waals surface area (Å²) in [4.78, 5) is 14.9. The molecule has 1 aromatic carbocycles. The second-order valence-corrected chi connectivity index (χ2v) is 5.21. The van der Waals surface area contributed by atoms with Crippen molar-refractivity contribution in [3.63, 3.8) is 0 Å². The van der Waals surface area contributed by atoms with Crippen LogP contribution in [0.2, 0.25) is 5.02 Å². The topological polar surface area (TPSA) is 29.5 Å². The van der Waals surface area contributed by atoms with Crippen molar-refractivity contribution in [2.75, 3.05) is 26.2 Å². The Hall–Kier alpha value is -1.06. The third kappa shape index (κ3) is 3.10. The molecule has 104 valence electrons. The second-order valence-electron chi connectivity index (χ2n) is 4.80. The molecule has 0 aromatic heterocycles. The van der Waals surface area contributed by atoms with E-state index in [9.17, 15) is 4.79 Å². The summed E-state index contributed by atoms with van der Waals surface area (Å²) in [5, 5.41) is 0.523. The molecule has 19 heavy (non-hydrogen) atoms. The van der Waals surface area contributed by atoms with Crippen LogP contribution < -0.4 is 4.74 Å². The number of halogens is 1. The Kier molecular flexibility index (Phi) is 4.83. The van der Waals surface area contributed by atoms with E-state index in [4.69, 9.17) is 16.3 Å².